The average Bonchev–Trinajstić information content (AvgIpc) is 2.62. The molecular formula is C12H24N4. The Balaban J connectivity index is 2.62. The lowest BCUT2D eigenvalue weighted by Crippen LogP contribution is -2.37. The van der Waals surface area contributed by atoms with Crippen LogP contribution in [0.25, 0.3) is 0 Å². The van der Waals surface area contributed by atoms with Gasteiger partial charge in [-0.15, -0.1) is 0 Å². The van der Waals surface area contributed by atoms with Gasteiger partial charge in [0.15, 0.2) is 0 Å². The zero-order chi connectivity index (χ0) is 12.2. The Morgan fingerprint density at radius 2 is 2.19 bits per heavy atom. The van der Waals surface area contributed by atoms with Crippen LogP contribution in [0.15, 0.2) is 6.33 Å². The minimum Gasteiger partial charge on any atom is -0.314 e. The van der Waals surface area contributed by atoms with Crippen LogP contribution in [0.3, 0.4) is 0 Å². The molecule has 92 valence electrons. The molecule has 0 aliphatic rings. The summed E-state index contributed by atoms with van der Waals surface area (Å²) in [7, 11) is 1.95. The van der Waals surface area contributed by atoms with Crippen LogP contribution in [-0.2, 0) is 13.5 Å². The molecule has 4 nitrogen and oxygen atoms in total. The molecule has 0 amide bonds. The summed E-state index contributed by atoms with van der Waals surface area (Å²) in [6, 6.07) is 0.533. The summed E-state index contributed by atoms with van der Waals surface area (Å²) in [4.78, 5) is 4.30. The highest BCUT2D eigenvalue weighted by Gasteiger charge is 2.24. The Bertz CT molecular complexity index is 319. The largest absolute Gasteiger partial charge is 0.314 e. The van der Waals surface area contributed by atoms with E-state index in [9.17, 15) is 0 Å². The van der Waals surface area contributed by atoms with E-state index in [1.165, 1.54) is 0 Å². The fraction of sp³-hybridized carbons (Fsp3) is 0.833. The summed E-state index contributed by atoms with van der Waals surface area (Å²) in [5, 5.41) is 7.63. The Kier molecular flexibility index (Phi) is 4.47. The first-order valence-electron chi connectivity index (χ1n) is 6.03. The molecule has 0 saturated heterocycles. The van der Waals surface area contributed by atoms with Crippen molar-refractivity contribution in [1.29, 1.82) is 0 Å². The molecule has 0 saturated carbocycles. The van der Waals surface area contributed by atoms with Gasteiger partial charge in [0.1, 0.15) is 12.2 Å². The summed E-state index contributed by atoms with van der Waals surface area (Å²) in [5.74, 6) is 1.06. The second-order valence-electron chi connectivity index (χ2n) is 5.18. The van der Waals surface area contributed by atoms with Crippen molar-refractivity contribution in [2.75, 3.05) is 6.54 Å². The van der Waals surface area contributed by atoms with Crippen LogP contribution >= 0.6 is 0 Å². The second kappa shape index (κ2) is 5.43. The van der Waals surface area contributed by atoms with E-state index < -0.39 is 0 Å². The lowest BCUT2D eigenvalue weighted by Gasteiger charge is -2.29. The van der Waals surface area contributed by atoms with E-state index in [2.05, 4.69) is 43.1 Å². The van der Waals surface area contributed by atoms with Crippen LogP contribution in [0.5, 0.6) is 0 Å². The maximum absolute atomic E-state index is 4.30. The van der Waals surface area contributed by atoms with Crippen LogP contribution in [0.1, 0.15) is 39.9 Å². The van der Waals surface area contributed by atoms with Crippen molar-refractivity contribution in [3.8, 4) is 0 Å². The number of nitrogens with zero attached hydrogens (tertiary/aromatic N) is 3. The van der Waals surface area contributed by atoms with Gasteiger partial charge >= 0.3 is 0 Å². The van der Waals surface area contributed by atoms with E-state index in [0.29, 0.717) is 6.04 Å². The predicted molar refractivity (Wildman–Crippen MR) is 66.2 cm³/mol. The highest BCUT2D eigenvalue weighted by molar-refractivity contribution is 4.92. The molecule has 0 spiro atoms. The molecular weight excluding hydrogens is 200 g/mol. The Morgan fingerprint density at radius 1 is 1.50 bits per heavy atom. The molecule has 1 aromatic heterocycles. The molecule has 0 radical (unpaired) electrons. The molecule has 1 rings (SSSR count). The van der Waals surface area contributed by atoms with Gasteiger partial charge in [0.05, 0.1) is 0 Å². The third-order valence-electron chi connectivity index (χ3n) is 3.18. The number of rotatable bonds is 6. The zero-order valence-electron chi connectivity index (χ0n) is 11.1. The van der Waals surface area contributed by atoms with Crippen LogP contribution < -0.4 is 5.32 Å². The van der Waals surface area contributed by atoms with Crippen molar-refractivity contribution in [2.45, 2.75) is 46.6 Å². The molecule has 0 aliphatic heterocycles. The van der Waals surface area contributed by atoms with Crippen molar-refractivity contribution in [1.82, 2.24) is 20.1 Å². The smallest absolute Gasteiger partial charge is 0.138 e. The van der Waals surface area contributed by atoms with E-state index in [1.54, 1.807) is 6.33 Å². The van der Waals surface area contributed by atoms with Crippen molar-refractivity contribution >= 4 is 0 Å². The zero-order valence-corrected chi connectivity index (χ0v) is 11.1. The molecule has 4 heteroatoms. The highest BCUT2D eigenvalue weighted by Crippen LogP contribution is 2.24. The van der Waals surface area contributed by atoms with Crippen LogP contribution in [0, 0.1) is 5.41 Å². The van der Waals surface area contributed by atoms with E-state index in [-0.39, 0.29) is 5.41 Å². The van der Waals surface area contributed by atoms with Gasteiger partial charge in [0.25, 0.3) is 0 Å². The van der Waals surface area contributed by atoms with Crippen LogP contribution in [0.4, 0.5) is 0 Å². The third-order valence-corrected chi connectivity index (χ3v) is 3.18. The van der Waals surface area contributed by atoms with E-state index in [1.807, 2.05) is 11.7 Å². The third kappa shape index (κ3) is 3.59. The minimum atomic E-state index is 0.255. The molecule has 1 N–H and O–H groups in total. The molecule has 0 fully saturated rings. The number of aryl methyl sites for hydroxylation is 1. The summed E-state index contributed by atoms with van der Waals surface area (Å²) in [6.45, 7) is 9.92. The molecule has 1 aromatic rings. The number of nitrogens with one attached hydrogen (secondary N) is 1. The van der Waals surface area contributed by atoms with Gasteiger partial charge in [-0.25, -0.2) is 4.98 Å². The van der Waals surface area contributed by atoms with Crippen molar-refractivity contribution < 1.29 is 0 Å². The molecule has 0 aromatic carbocycles. The van der Waals surface area contributed by atoms with Gasteiger partial charge in [-0.05, 0) is 11.8 Å². The summed E-state index contributed by atoms with van der Waals surface area (Å²) in [5.41, 5.74) is 0.255. The van der Waals surface area contributed by atoms with Crippen LogP contribution in [-0.4, -0.2) is 27.4 Å². The van der Waals surface area contributed by atoms with Gasteiger partial charge in [-0.3, -0.25) is 4.68 Å². The first-order chi connectivity index (χ1) is 7.47. The van der Waals surface area contributed by atoms with Gasteiger partial charge in [-0.2, -0.15) is 5.10 Å². The molecule has 1 heterocycles. The Labute approximate surface area is 98.5 Å². The fourth-order valence-corrected chi connectivity index (χ4v) is 1.62. The quantitative estimate of drug-likeness (QED) is 0.801. The lowest BCUT2D eigenvalue weighted by molar-refractivity contribution is 0.272. The van der Waals surface area contributed by atoms with Gasteiger partial charge in [0, 0.05) is 26.1 Å². The summed E-state index contributed by atoms with van der Waals surface area (Å²) in [6.07, 6.45) is 3.74. The van der Waals surface area contributed by atoms with Crippen molar-refractivity contribution in [3.63, 3.8) is 0 Å². The molecule has 1 atom stereocenters. The minimum absolute atomic E-state index is 0.255. The molecule has 16 heavy (non-hydrogen) atoms. The lowest BCUT2D eigenvalue weighted by atomic mass is 9.83. The number of aromatic nitrogens is 3. The standard InChI is InChI=1S/C12H24N4/c1-6-12(4,8-13-10(2)3)7-11-14-9-15-16(11)5/h9-10,13H,6-8H2,1-5H3. The number of hydrogen-bond acceptors (Lipinski definition) is 3. The first kappa shape index (κ1) is 13.2. The summed E-state index contributed by atoms with van der Waals surface area (Å²) >= 11 is 0. The Morgan fingerprint density at radius 3 is 2.62 bits per heavy atom. The predicted octanol–water partition coefficient (Wildman–Crippen LogP) is 1.77. The van der Waals surface area contributed by atoms with Gasteiger partial charge in [0.2, 0.25) is 0 Å². The van der Waals surface area contributed by atoms with Crippen molar-refractivity contribution in [2.24, 2.45) is 12.5 Å². The summed E-state index contributed by atoms with van der Waals surface area (Å²) < 4.78 is 1.86. The molecule has 0 aliphatic carbocycles. The van der Waals surface area contributed by atoms with Gasteiger partial charge in [-0.1, -0.05) is 27.7 Å². The second-order valence-corrected chi connectivity index (χ2v) is 5.18. The van der Waals surface area contributed by atoms with Gasteiger partial charge < -0.3 is 5.32 Å². The Hall–Kier alpha value is -0.900. The maximum Gasteiger partial charge on any atom is 0.138 e. The normalized spacial score (nSPS) is 15.4. The molecule has 1 unspecified atom stereocenters. The number of hydrogen-bond donors (Lipinski definition) is 1. The van der Waals surface area contributed by atoms with Crippen LogP contribution in [0.2, 0.25) is 0 Å². The van der Waals surface area contributed by atoms with E-state index >= 15 is 0 Å². The van der Waals surface area contributed by atoms with E-state index in [4.69, 9.17) is 0 Å². The molecule has 0 bridgehead atoms. The van der Waals surface area contributed by atoms with E-state index in [0.717, 1.165) is 25.2 Å². The van der Waals surface area contributed by atoms with Crippen molar-refractivity contribution in [3.05, 3.63) is 12.2 Å². The SMILES string of the molecule is CCC(C)(CNC(C)C)Cc1ncnn1C. The first-order valence-corrected chi connectivity index (χ1v) is 6.03. The monoisotopic (exact) mass is 224 g/mol. The maximum atomic E-state index is 4.30. The highest BCUT2D eigenvalue weighted by atomic mass is 15.3. The average molecular weight is 224 g/mol. The fourth-order valence-electron chi connectivity index (χ4n) is 1.62. The topological polar surface area (TPSA) is 42.7 Å².